The van der Waals surface area contributed by atoms with Crippen molar-refractivity contribution in [1.82, 2.24) is 5.32 Å². The molecule has 6 heteroatoms. The first-order valence-electron chi connectivity index (χ1n) is 30.6. The molecule has 6 nitrogen and oxygen atoms in total. The molecule has 0 spiro atoms. The summed E-state index contributed by atoms with van der Waals surface area (Å²) in [7, 11) is 0. The fourth-order valence-electron chi connectivity index (χ4n) is 9.51. The summed E-state index contributed by atoms with van der Waals surface area (Å²) < 4.78 is 5.46. The number of carbonyl (C=O) groups is 2. The highest BCUT2D eigenvalue weighted by atomic mass is 16.5. The minimum absolute atomic E-state index is 0.00908. The minimum atomic E-state index is -0.851. The van der Waals surface area contributed by atoms with Crippen molar-refractivity contribution in [1.29, 1.82) is 0 Å². The number of rotatable bonds is 57. The molecule has 0 saturated carbocycles. The van der Waals surface area contributed by atoms with Crippen LogP contribution in [0.4, 0.5) is 0 Å². The maximum Gasteiger partial charge on any atom is 0.305 e. The van der Waals surface area contributed by atoms with Crippen LogP contribution in [-0.4, -0.2) is 47.4 Å². The van der Waals surface area contributed by atoms with Crippen LogP contribution in [0.25, 0.3) is 0 Å². The average Bonchev–Trinajstić information content (AvgIpc) is 3.34. The van der Waals surface area contributed by atoms with E-state index in [1.54, 1.807) is 6.08 Å². The number of ether oxygens (including phenoxy) is 1. The van der Waals surface area contributed by atoms with Gasteiger partial charge in [0.1, 0.15) is 0 Å². The Kier molecular flexibility index (Phi) is 56.5. The molecule has 2 unspecified atom stereocenters. The lowest BCUT2D eigenvalue weighted by atomic mass is 10.0. The first-order valence-corrected chi connectivity index (χ1v) is 30.6. The van der Waals surface area contributed by atoms with Crippen LogP contribution in [0.5, 0.6) is 0 Å². The van der Waals surface area contributed by atoms with E-state index in [1.165, 1.54) is 257 Å². The summed E-state index contributed by atoms with van der Waals surface area (Å²) in [6, 6.07) is -0.635. The van der Waals surface area contributed by atoms with E-state index in [1.807, 2.05) is 6.08 Å². The van der Waals surface area contributed by atoms with E-state index in [0.717, 1.165) is 51.4 Å². The number of amides is 1. The summed E-state index contributed by atoms with van der Waals surface area (Å²) >= 11 is 0. The first-order chi connectivity index (χ1) is 33.5. The standard InChI is InChI=1S/C62H119NO5/c1-3-5-7-9-11-13-15-17-18-19-20-21-22-23-24-25-27-31-34-38-42-46-50-54-60(65)59(58-64)63-61(66)55-51-47-43-39-35-32-28-26-29-33-37-41-45-49-53-57-68-62(67)56-52-48-44-40-36-30-16-14-12-10-8-6-4-2/h14,16,50,54,59-60,64-65H,3-13,15,17-49,51-53,55-58H2,1-2H3,(H,63,66)/b16-14-,54-50+. The van der Waals surface area contributed by atoms with Crippen LogP contribution in [0.2, 0.25) is 0 Å². The van der Waals surface area contributed by atoms with Crippen LogP contribution in [-0.2, 0) is 14.3 Å². The molecule has 0 bridgehead atoms. The second-order valence-electron chi connectivity index (χ2n) is 21.0. The Morgan fingerprint density at radius 1 is 0.397 bits per heavy atom. The number of esters is 1. The van der Waals surface area contributed by atoms with Crippen molar-refractivity contribution in [2.24, 2.45) is 0 Å². The zero-order valence-corrected chi connectivity index (χ0v) is 45.9. The van der Waals surface area contributed by atoms with E-state index in [0.29, 0.717) is 19.4 Å². The van der Waals surface area contributed by atoms with E-state index in [4.69, 9.17) is 4.74 Å². The fraction of sp³-hybridized carbons (Fsp3) is 0.903. The van der Waals surface area contributed by atoms with Crippen LogP contribution in [0.1, 0.15) is 335 Å². The number of hydrogen-bond acceptors (Lipinski definition) is 5. The second kappa shape index (κ2) is 57.9. The molecular formula is C62H119NO5. The van der Waals surface area contributed by atoms with Crippen molar-refractivity contribution >= 4 is 11.9 Å². The summed E-state index contributed by atoms with van der Waals surface area (Å²) in [6.45, 7) is 4.89. The second-order valence-corrected chi connectivity index (χ2v) is 21.0. The number of allylic oxidation sites excluding steroid dienone is 3. The molecule has 68 heavy (non-hydrogen) atoms. The molecule has 0 aliphatic rings. The lowest BCUT2D eigenvalue weighted by molar-refractivity contribution is -0.143. The zero-order valence-electron chi connectivity index (χ0n) is 45.9. The van der Waals surface area contributed by atoms with Gasteiger partial charge in [0.15, 0.2) is 0 Å². The maximum atomic E-state index is 12.5. The van der Waals surface area contributed by atoms with Crippen molar-refractivity contribution in [3.63, 3.8) is 0 Å². The maximum absolute atomic E-state index is 12.5. The summed E-state index contributed by atoms with van der Waals surface area (Å²) in [4.78, 5) is 24.5. The Bertz CT molecular complexity index is 1060. The number of hydrogen-bond donors (Lipinski definition) is 3. The van der Waals surface area contributed by atoms with Crippen LogP contribution in [0, 0.1) is 0 Å². The van der Waals surface area contributed by atoms with Gasteiger partial charge in [0.25, 0.3) is 0 Å². The van der Waals surface area contributed by atoms with Crippen molar-refractivity contribution in [2.45, 2.75) is 347 Å². The summed E-state index contributed by atoms with van der Waals surface area (Å²) in [5.74, 6) is -0.0826. The van der Waals surface area contributed by atoms with Gasteiger partial charge in [-0.2, -0.15) is 0 Å². The quantitative estimate of drug-likeness (QED) is 0.0321. The van der Waals surface area contributed by atoms with E-state index >= 15 is 0 Å². The molecule has 0 fully saturated rings. The predicted octanol–water partition coefficient (Wildman–Crippen LogP) is 19.0. The summed E-state index contributed by atoms with van der Waals surface area (Å²) in [5.41, 5.74) is 0. The van der Waals surface area contributed by atoms with Gasteiger partial charge in [-0.3, -0.25) is 9.59 Å². The molecule has 3 N–H and O–H groups in total. The third-order valence-electron chi connectivity index (χ3n) is 14.2. The Hall–Kier alpha value is -1.66. The number of unbranched alkanes of at least 4 members (excludes halogenated alkanes) is 44. The van der Waals surface area contributed by atoms with Crippen LogP contribution in [0.15, 0.2) is 24.3 Å². The molecule has 0 rings (SSSR count). The van der Waals surface area contributed by atoms with E-state index in [-0.39, 0.29) is 18.5 Å². The van der Waals surface area contributed by atoms with Crippen molar-refractivity contribution < 1.29 is 24.5 Å². The van der Waals surface area contributed by atoms with E-state index in [2.05, 4.69) is 31.3 Å². The molecule has 0 saturated heterocycles. The largest absolute Gasteiger partial charge is 0.466 e. The topological polar surface area (TPSA) is 95.9 Å². The Balaban J connectivity index is 3.47. The molecule has 0 aliphatic heterocycles. The minimum Gasteiger partial charge on any atom is -0.466 e. The van der Waals surface area contributed by atoms with Gasteiger partial charge in [-0.1, -0.05) is 289 Å². The molecule has 402 valence electrons. The smallest absolute Gasteiger partial charge is 0.305 e. The van der Waals surface area contributed by atoms with Gasteiger partial charge in [-0.05, 0) is 57.8 Å². The lowest BCUT2D eigenvalue weighted by Crippen LogP contribution is -2.45. The number of carbonyl (C=O) groups excluding carboxylic acids is 2. The molecular weight excluding hydrogens is 839 g/mol. The fourth-order valence-corrected chi connectivity index (χ4v) is 9.51. The van der Waals surface area contributed by atoms with Crippen LogP contribution in [0.3, 0.4) is 0 Å². The third kappa shape index (κ3) is 53.7. The third-order valence-corrected chi connectivity index (χ3v) is 14.2. The SMILES string of the molecule is CCCCCC/C=C\CCCCCCCC(=O)OCCCCCCCCCCCCCCCCCC(=O)NC(CO)C(O)/C=C/CCCCCCCCCCCCCCCCCCCCCCC. The van der Waals surface area contributed by atoms with Gasteiger partial charge >= 0.3 is 5.97 Å². The van der Waals surface area contributed by atoms with Gasteiger partial charge in [-0.25, -0.2) is 0 Å². The van der Waals surface area contributed by atoms with Crippen LogP contribution < -0.4 is 5.32 Å². The Morgan fingerprint density at radius 3 is 1.06 bits per heavy atom. The zero-order chi connectivity index (χ0) is 49.3. The molecule has 0 radical (unpaired) electrons. The molecule has 0 aromatic heterocycles. The predicted molar refractivity (Wildman–Crippen MR) is 296 cm³/mol. The first kappa shape index (κ1) is 66.3. The van der Waals surface area contributed by atoms with Crippen molar-refractivity contribution in [3.8, 4) is 0 Å². The molecule has 0 aromatic rings. The van der Waals surface area contributed by atoms with Gasteiger partial charge < -0.3 is 20.3 Å². The van der Waals surface area contributed by atoms with Gasteiger partial charge in [0.2, 0.25) is 5.91 Å². The highest BCUT2D eigenvalue weighted by Gasteiger charge is 2.18. The van der Waals surface area contributed by atoms with Crippen molar-refractivity contribution in [3.05, 3.63) is 24.3 Å². The molecule has 0 aromatic carbocycles. The normalized spacial score (nSPS) is 12.7. The summed E-state index contributed by atoms with van der Waals surface area (Å²) in [5, 5.41) is 23.2. The highest BCUT2D eigenvalue weighted by Crippen LogP contribution is 2.17. The molecule has 0 heterocycles. The van der Waals surface area contributed by atoms with E-state index in [9.17, 15) is 19.8 Å². The average molecular weight is 959 g/mol. The molecule has 2 atom stereocenters. The highest BCUT2D eigenvalue weighted by molar-refractivity contribution is 5.76. The number of nitrogens with one attached hydrogen (secondary N) is 1. The summed E-state index contributed by atoms with van der Waals surface area (Å²) in [6.07, 6.45) is 70.6. The van der Waals surface area contributed by atoms with Gasteiger partial charge in [0, 0.05) is 12.8 Å². The molecule has 0 aliphatic carbocycles. The lowest BCUT2D eigenvalue weighted by Gasteiger charge is -2.20. The van der Waals surface area contributed by atoms with Gasteiger partial charge in [-0.15, -0.1) is 0 Å². The number of aliphatic hydroxyl groups is 2. The molecule has 1 amide bonds. The van der Waals surface area contributed by atoms with E-state index < -0.39 is 12.1 Å². The van der Waals surface area contributed by atoms with Gasteiger partial charge in [0.05, 0.1) is 25.4 Å². The number of aliphatic hydroxyl groups excluding tert-OH is 2. The Labute approximate surface area is 424 Å². The van der Waals surface area contributed by atoms with Crippen molar-refractivity contribution in [2.75, 3.05) is 13.2 Å². The monoisotopic (exact) mass is 958 g/mol. The van der Waals surface area contributed by atoms with Crippen LogP contribution >= 0.6 is 0 Å². The Morgan fingerprint density at radius 2 is 0.691 bits per heavy atom.